The number of nitrogens with one attached hydrogen (secondary N) is 1. The summed E-state index contributed by atoms with van der Waals surface area (Å²) in [6.07, 6.45) is 18.6. The minimum atomic E-state index is -0.817. The Balaban J connectivity index is -0.000000183. The number of carbonyl (C=O) groups excluding carboxylic acids is 1. The average molecular weight is 402 g/mol. The minimum absolute atomic E-state index is 0. The maximum atomic E-state index is 11.0. The molecule has 0 aliphatic carbocycles. The molecule has 4 heteroatoms. The Kier molecular flexibility index (Phi) is 40.7. The number of hydrogen-bond acceptors (Lipinski definition) is 2. The second-order valence-corrected chi connectivity index (χ2v) is 6.41. The van der Waals surface area contributed by atoms with E-state index in [1.807, 2.05) is 20.8 Å². The van der Waals surface area contributed by atoms with Crippen LogP contribution in [0.15, 0.2) is 12.2 Å². The van der Waals surface area contributed by atoms with Crippen LogP contribution in [0.3, 0.4) is 0 Å². The summed E-state index contributed by atoms with van der Waals surface area (Å²) in [5, 5.41) is 11.0. The first-order chi connectivity index (χ1) is 13.1. The fourth-order valence-electron chi connectivity index (χ4n) is 2.14. The van der Waals surface area contributed by atoms with Gasteiger partial charge in [-0.05, 0) is 32.1 Å². The molecule has 0 spiro atoms. The topological polar surface area (TPSA) is 66.4 Å². The highest BCUT2D eigenvalue weighted by Crippen LogP contribution is 2.04. The number of carbonyl (C=O) groups is 2. The third kappa shape index (κ3) is 39.7. The number of allylic oxidation sites excluding steroid dienone is 2. The smallest absolute Gasteiger partial charge is 0.303 e. The molecule has 0 aliphatic rings. The van der Waals surface area contributed by atoms with Gasteiger partial charge in [-0.3, -0.25) is 9.59 Å². The van der Waals surface area contributed by atoms with E-state index in [-0.39, 0.29) is 19.8 Å². The summed E-state index contributed by atoms with van der Waals surface area (Å²) in [5.74, 6) is -0.796. The molecule has 0 fully saturated rings. The number of aliphatic carboxylic acids is 1. The molecule has 0 unspecified atom stereocenters. The lowest BCUT2D eigenvalue weighted by atomic mass is 10.1. The van der Waals surface area contributed by atoms with E-state index in [0.717, 1.165) is 12.8 Å². The Morgan fingerprint density at radius 2 is 1.29 bits per heavy atom. The fraction of sp³-hybridized carbons (Fsp3) is 0.833. The van der Waals surface area contributed by atoms with Crippen molar-refractivity contribution in [2.45, 2.75) is 126 Å². The van der Waals surface area contributed by atoms with E-state index >= 15 is 0 Å². The van der Waals surface area contributed by atoms with Crippen molar-refractivity contribution < 1.29 is 14.7 Å². The fourth-order valence-corrected chi connectivity index (χ4v) is 2.14. The Hall–Kier alpha value is -1.32. The SMILES string of the molecule is C.CC.CCCC/C=C\CCCCCC.CCCCC(=O)NCCCC(=O)O. The van der Waals surface area contributed by atoms with Gasteiger partial charge < -0.3 is 10.4 Å². The molecule has 2 N–H and O–H groups in total. The van der Waals surface area contributed by atoms with Gasteiger partial charge in [0.1, 0.15) is 0 Å². The van der Waals surface area contributed by atoms with Gasteiger partial charge in [0.15, 0.2) is 0 Å². The van der Waals surface area contributed by atoms with Crippen LogP contribution in [0.2, 0.25) is 0 Å². The van der Waals surface area contributed by atoms with E-state index in [1.165, 1.54) is 51.4 Å². The molecular weight excluding hydrogens is 350 g/mol. The van der Waals surface area contributed by atoms with Crippen molar-refractivity contribution in [3.05, 3.63) is 12.2 Å². The Labute approximate surface area is 176 Å². The minimum Gasteiger partial charge on any atom is -0.481 e. The maximum Gasteiger partial charge on any atom is 0.303 e. The first kappa shape index (κ1) is 34.2. The van der Waals surface area contributed by atoms with E-state index in [0.29, 0.717) is 19.4 Å². The number of carboxylic acids is 1. The molecule has 0 heterocycles. The molecule has 0 saturated heterocycles. The van der Waals surface area contributed by atoms with Crippen molar-refractivity contribution in [3.63, 3.8) is 0 Å². The van der Waals surface area contributed by atoms with Crippen molar-refractivity contribution in [3.8, 4) is 0 Å². The summed E-state index contributed by atoms with van der Waals surface area (Å²) in [6.45, 7) is 11.0. The van der Waals surface area contributed by atoms with E-state index in [2.05, 4.69) is 31.3 Å². The summed E-state index contributed by atoms with van der Waals surface area (Å²) >= 11 is 0. The molecular formula is C24H51NO3. The van der Waals surface area contributed by atoms with Crippen LogP contribution in [0.4, 0.5) is 0 Å². The summed E-state index contributed by atoms with van der Waals surface area (Å²) < 4.78 is 0. The predicted octanol–water partition coefficient (Wildman–Crippen LogP) is 7.52. The van der Waals surface area contributed by atoms with Crippen LogP contribution in [0.25, 0.3) is 0 Å². The lowest BCUT2D eigenvalue weighted by molar-refractivity contribution is -0.137. The van der Waals surface area contributed by atoms with Crippen molar-refractivity contribution in [1.29, 1.82) is 0 Å². The number of hydrogen-bond donors (Lipinski definition) is 2. The van der Waals surface area contributed by atoms with Crippen LogP contribution in [0.5, 0.6) is 0 Å². The van der Waals surface area contributed by atoms with Gasteiger partial charge in [0.05, 0.1) is 0 Å². The van der Waals surface area contributed by atoms with Gasteiger partial charge in [0.25, 0.3) is 0 Å². The number of unbranched alkanes of at least 4 members (excludes halogenated alkanes) is 7. The molecule has 28 heavy (non-hydrogen) atoms. The number of amides is 1. The van der Waals surface area contributed by atoms with Crippen molar-refractivity contribution in [2.75, 3.05) is 6.54 Å². The van der Waals surface area contributed by atoms with Crippen LogP contribution in [0.1, 0.15) is 126 Å². The third-order valence-corrected chi connectivity index (χ3v) is 3.76. The van der Waals surface area contributed by atoms with Crippen molar-refractivity contribution in [1.82, 2.24) is 5.32 Å². The van der Waals surface area contributed by atoms with Crippen LogP contribution < -0.4 is 5.32 Å². The summed E-state index contributed by atoms with van der Waals surface area (Å²) in [4.78, 5) is 21.1. The second-order valence-electron chi connectivity index (χ2n) is 6.41. The predicted molar refractivity (Wildman–Crippen MR) is 125 cm³/mol. The molecule has 0 bridgehead atoms. The average Bonchev–Trinajstić information content (AvgIpc) is 2.67. The van der Waals surface area contributed by atoms with Gasteiger partial charge in [-0.15, -0.1) is 0 Å². The molecule has 0 atom stereocenters. The molecule has 0 saturated carbocycles. The second kappa shape index (κ2) is 33.3. The van der Waals surface area contributed by atoms with E-state index in [9.17, 15) is 9.59 Å². The molecule has 0 aromatic heterocycles. The molecule has 0 aromatic carbocycles. The monoisotopic (exact) mass is 401 g/mol. The molecule has 4 nitrogen and oxygen atoms in total. The quantitative estimate of drug-likeness (QED) is 0.220. The van der Waals surface area contributed by atoms with Crippen molar-refractivity contribution >= 4 is 11.9 Å². The summed E-state index contributed by atoms with van der Waals surface area (Å²) in [6, 6.07) is 0. The van der Waals surface area contributed by atoms with Gasteiger partial charge >= 0.3 is 5.97 Å². The largest absolute Gasteiger partial charge is 0.481 e. The van der Waals surface area contributed by atoms with E-state index < -0.39 is 5.97 Å². The Morgan fingerprint density at radius 3 is 1.79 bits per heavy atom. The molecule has 0 radical (unpaired) electrons. The van der Waals surface area contributed by atoms with Gasteiger partial charge in [-0.2, -0.15) is 0 Å². The lowest BCUT2D eigenvalue weighted by Gasteiger charge is -2.02. The molecule has 0 aromatic rings. The van der Waals surface area contributed by atoms with Crippen molar-refractivity contribution in [2.24, 2.45) is 0 Å². The first-order valence-corrected chi connectivity index (χ1v) is 11.2. The van der Waals surface area contributed by atoms with Gasteiger partial charge in [0, 0.05) is 19.4 Å². The van der Waals surface area contributed by atoms with Crippen LogP contribution in [0, 0.1) is 0 Å². The highest BCUT2D eigenvalue weighted by atomic mass is 16.4. The first-order valence-electron chi connectivity index (χ1n) is 11.2. The van der Waals surface area contributed by atoms with Gasteiger partial charge in [0.2, 0.25) is 5.91 Å². The van der Waals surface area contributed by atoms with Gasteiger partial charge in [-0.1, -0.05) is 92.7 Å². The molecule has 170 valence electrons. The standard InChI is InChI=1S/C12H24.C9H17NO3.C2H6.CH4/c1-3-5-7-9-11-12-10-8-6-4-2;1-2-3-5-8(11)10-7-4-6-9(12)13;1-2;/h9,11H,3-8,10,12H2,1-2H3;2-7H2,1H3,(H,10,11)(H,12,13);1-2H3;1H4/b11-9-;;;. The lowest BCUT2D eigenvalue weighted by Crippen LogP contribution is -2.24. The van der Waals surface area contributed by atoms with Gasteiger partial charge in [-0.25, -0.2) is 0 Å². The van der Waals surface area contributed by atoms with E-state index in [4.69, 9.17) is 5.11 Å². The third-order valence-electron chi connectivity index (χ3n) is 3.76. The zero-order valence-corrected chi connectivity index (χ0v) is 18.8. The molecule has 1 amide bonds. The molecule has 0 aliphatic heterocycles. The van der Waals surface area contributed by atoms with Crippen LogP contribution >= 0.6 is 0 Å². The zero-order valence-electron chi connectivity index (χ0n) is 18.8. The van der Waals surface area contributed by atoms with Crippen LogP contribution in [-0.4, -0.2) is 23.5 Å². The van der Waals surface area contributed by atoms with Crippen LogP contribution in [-0.2, 0) is 9.59 Å². The maximum absolute atomic E-state index is 11.0. The highest BCUT2D eigenvalue weighted by Gasteiger charge is 2.00. The summed E-state index contributed by atoms with van der Waals surface area (Å²) in [5.41, 5.74) is 0. The zero-order chi connectivity index (χ0) is 21.2. The Morgan fingerprint density at radius 1 is 0.750 bits per heavy atom. The Bertz CT molecular complexity index is 328. The molecule has 0 rings (SSSR count). The van der Waals surface area contributed by atoms with E-state index in [1.54, 1.807) is 0 Å². The normalized spacial score (nSPS) is 9.46. The number of carboxylic acid groups (broad SMARTS) is 1. The number of rotatable bonds is 15. The summed E-state index contributed by atoms with van der Waals surface area (Å²) in [7, 11) is 0. The highest BCUT2D eigenvalue weighted by molar-refractivity contribution is 5.75.